The van der Waals surface area contributed by atoms with Crippen molar-refractivity contribution in [3.63, 3.8) is 0 Å². The molecule has 0 amide bonds. The van der Waals surface area contributed by atoms with Crippen molar-refractivity contribution in [2.24, 2.45) is 5.73 Å². The van der Waals surface area contributed by atoms with Crippen LogP contribution in [0.1, 0.15) is 11.1 Å². The summed E-state index contributed by atoms with van der Waals surface area (Å²) in [6, 6.07) is 12.3. The average Bonchev–Trinajstić information content (AvgIpc) is 2.42. The van der Waals surface area contributed by atoms with Crippen LogP contribution in [-0.4, -0.2) is 13.7 Å². The van der Waals surface area contributed by atoms with Gasteiger partial charge in [0.2, 0.25) is 0 Å². The molecule has 2 rings (SSSR count). The molecule has 2 aromatic carbocycles. The Kier molecular flexibility index (Phi) is 4.46. The first kappa shape index (κ1) is 13.9. The maximum atomic E-state index is 6.14. The normalized spacial score (nSPS) is 10.5. The fraction of sp³-hybridized carbons (Fsp3) is 0.250. The Morgan fingerprint density at radius 2 is 2.00 bits per heavy atom. The zero-order valence-corrected chi connectivity index (χ0v) is 12.0. The standard InChI is InChI=1S/C16H18ClNO/c1-11-8-14(16(19-2)10-15(11)17)13-5-3-4-12(9-13)6-7-18/h3-5,8-10H,6-7,18H2,1-2H3. The Balaban J connectivity index is 2.51. The Morgan fingerprint density at radius 1 is 1.21 bits per heavy atom. The monoisotopic (exact) mass is 275 g/mol. The van der Waals surface area contributed by atoms with Crippen molar-refractivity contribution in [2.45, 2.75) is 13.3 Å². The van der Waals surface area contributed by atoms with E-state index < -0.39 is 0 Å². The number of methoxy groups -OCH3 is 1. The van der Waals surface area contributed by atoms with Gasteiger partial charge in [0.25, 0.3) is 0 Å². The number of hydrogen-bond acceptors (Lipinski definition) is 2. The van der Waals surface area contributed by atoms with Crippen molar-refractivity contribution in [3.05, 3.63) is 52.5 Å². The Bertz CT molecular complexity index is 581. The molecule has 0 atom stereocenters. The largest absolute Gasteiger partial charge is 0.496 e. The summed E-state index contributed by atoms with van der Waals surface area (Å²) in [5.74, 6) is 0.792. The van der Waals surface area contributed by atoms with Gasteiger partial charge in [-0.05, 0) is 48.7 Å². The van der Waals surface area contributed by atoms with Crippen LogP contribution in [0.5, 0.6) is 5.75 Å². The van der Waals surface area contributed by atoms with Crippen LogP contribution in [0.15, 0.2) is 36.4 Å². The molecule has 0 aliphatic carbocycles. The number of ether oxygens (including phenoxy) is 1. The van der Waals surface area contributed by atoms with Crippen LogP contribution in [0.25, 0.3) is 11.1 Å². The first-order chi connectivity index (χ1) is 9.15. The van der Waals surface area contributed by atoms with E-state index in [0.29, 0.717) is 6.54 Å². The third-order valence-corrected chi connectivity index (χ3v) is 3.56. The van der Waals surface area contributed by atoms with E-state index in [4.69, 9.17) is 22.1 Å². The SMILES string of the molecule is COc1cc(Cl)c(C)cc1-c1cccc(CCN)c1. The third-order valence-electron chi connectivity index (χ3n) is 3.15. The van der Waals surface area contributed by atoms with Crippen LogP contribution >= 0.6 is 11.6 Å². The maximum absolute atomic E-state index is 6.14. The van der Waals surface area contributed by atoms with Gasteiger partial charge < -0.3 is 10.5 Å². The van der Waals surface area contributed by atoms with Crippen LogP contribution < -0.4 is 10.5 Å². The van der Waals surface area contributed by atoms with Crippen molar-refractivity contribution in [3.8, 4) is 16.9 Å². The molecule has 0 aliphatic heterocycles. The van der Waals surface area contributed by atoms with Crippen LogP contribution in [0.3, 0.4) is 0 Å². The summed E-state index contributed by atoms with van der Waals surface area (Å²) in [6.07, 6.45) is 0.878. The molecule has 0 spiro atoms. The molecular weight excluding hydrogens is 258 g/mol. The second-order valence-electron chi connectivity index (χ2n) is 4.54. The van der Waals surface area contributed by atoms with Gasteiger partial charge in [-0.3, -0.25) is 0 Å². The van der Waals surface area contributed by atoms with Crippen molar-refractivity contribution in [1.29, 1.82) is 0 Å². The van der Waals surface area contributed by atoms with E-state index in [1.54, 1.807) is 7.11 Å². The molecule has 0 aromatic heterocycles. The van der Waals surface area contributed by atoms with Crippen LogP contribution in [0.4, 0.5) is 0 Å². The Labute approximate surface area is 119 Å². The number of nitrogens with two attached hydrogens (primary N) is 1. The molecule has 0 heterocycles. The number of benzene rings is 2. The molecule has 0 saturated carbocycles. The molecule has 0 unspecified atom stereocenters. The molecule has 0 bridgehead atoms. The number of halogens is 1. The molecule has 0 fully saturated rings. The third kappa shape index (κ3) is 3.09. The van der Waals surface area contributed by atoms with Gasteiger partial charge in [0.15, 0.2) is 0 Å². The second kappa shape index (κ2) is 6.09. The molecule has 0 saturated heterocycles. The first-order valence-electron chi connectivity index (χ1n) is 6.29. The first-order valence-corrected chi connectivity index (χ1v) is 6.67. The predicted molar refractivity (Wildman–Crippen MR) is 80.9 cm³/mol. The summed E-state index contributed by atoms with van der Waals surface area (Å²) in [7, 11) is 1.66. The van der Waals surface area contributed by atoms with E-state index >= 15 is 0 Å². The highest BCUT2D eigenvalue weighted by Gasteiger charge is 2.09. The highest BCUT2D eigenvalue weighted by Crippen LogP contribution is 2.34. The Hall–Kier alpha value is -1.51. The van der Waals surface area contributed by atoms with Crippen LogP contribution in [0, 0.1) is 6.92 Å². The lowest BCUT2D eigenvalue weighted by molar-refractivity contribution is 0.416. The van der Waals surface area contributed by atoms with Gasteiger partial charge in [-0.1, -0.05) is 35.9 Å². The maximum Gasteiger partial charge on any atom is 0.128 e. The highest BCUT2D eigenvalue weighted by molar-refractivity contribution is 6.31. The van der Waals surface area contributed by atoms with E-state index in [1.165, 1.54) is 5.56 Å². The van der Waals surface area contributed by atoms with Gasteiger partial charge in [0.1, 0.15) is 5.75 Å². The summed E-state index contributed by atoms with van der Waals surface area (Å²) in [6.45, 7) is 2.65. The zero-order valence-electron chi connectivity index (χ0n) is 11.2. The lowest BCUT2D eigenvalue weighted by Crippen LogP contribution is -2.02. The molecule has 2 nitrogen and oxygen atoms in total. The van der Waals surface area contributed by atoms with Gasteiger partial charge in [0, 0.05) is 10.6 Å². The number of hydrogen-bond donors (Lipinski definition) is 1. The molecule has 100 valence electrons. The Morgan fingerprint density at radius 3 is 2.68 bits per heavy atom. The van der Waals surface area contributed by atoms with Crippen LogP contribution in [-0.2, 0) is 6.42 Å². The summed E-state index contributed by atoms with van der Waals surface area (Å²) in [5, 5.41) is 0.721. The topological polar surface area (TPSA) is 35.2 Å². The number of aryl methyl sites for hydroxylation is 1. The molecule has 3 heteroatoms. The fourth-order valence-electron chi connectivity index (χ4n) is 2.12. The quantitative estimate of drug-likeness (QED) is 0.920. The van der Waals surface area contributed by atoms with Gasteiger partial charge in [0.05, 0.1) is 7.11 Å². The van der Waals surface area contributed by atoms with Crippen LogP contribution in [0.2, 0.25) is 5.02 Å². The van der Waals surface area contributed by atoms with Crippen molar-refractivity contribution >= 4 is 11.6 Å². The predicted octanol–water partition coefficient (Wildman–Crippen LogP) is 3.83. The van der Waals surface area contributed by atoms with Gasteiger partial charge in [-0.15, -0.1) is 0 Å². The van der Waals surface area contributed by atoms with Crippen molar-refractivity contribution < 1.29 is 4.74 Å². The zero-order chi connectivity index (χ0) is 13.8. The van der Waals surface area contributed by atoms with E-state index in [1.807, 2.05) is 19.1 Å². The lowest BCUT2D eigenvalue weighted by atomic mass is 9.99. The van der Waals surface area contributed by atoms with E-state index in [2.05, 4.69) is 24.3 Å². The van der Waals surface area contributed by atoms with E-state index in [9.17, 15) is 0 Å². The van der Waals surface area contributed by atoms with E-state index in [-0.39, 0.29) is 0 Å². The van der Waals surface area contributed by atoms with Gasteiger partial charge in [-0.25, -0.2) is 0 Å². The van der Waals surface area contributed by atoms with Crippen molar-refractivity contribution in [2.75, 3.05) is 13.7 Å². The molecule has 2 aromatic rings. The minimum Gasteiger partial charge on any atom is -0.496 e. The second-order valence-corrected chi connectivity index (χ2v) is 4.95. The molecule has 0 aliphatic rings. The molecule has 19 heavy (non-hydrogen) atoms. The number of rotatable bonds is 4. The minimum absolute atomic E-state index is 0.653. The minimum atomic E-state index is 0.653. The highest BCUT2D eigenvalue weighted by atomic mass is 35.5. The smallest absolute Gasteiger partial charge is 0.128 e. The summed E-state index contributed by atoms with van der Waals surface area (Å²) >= 11 is 6.14. The van der Waals surface area contributed by atoms with Crippen molar-refractivity contribution in [1.82, 2.24) is 0 Å². The van der Waals surface area contributed by atoms with Gasteiger partial charge in [-0.2, -0.15) is 0 Å². The molecular formula is C16H18ClNO. The molecule has 0 radical (unpaired) electrons. The summed E-state index contributed by atoms with van der Waals surface area (Å²) in [5.41, 5.74) is 10.1. The molecule has 2 N–H and O–H groups in total. The lowest BCUT2D eigenvalue weighted by Gasteiger charge is -2.12. The fourth-order valence-corrected chi connectivity index (χ4v) is 2.27. The summed E-state index contributed by atoms with van der Waals surface area (Å²) < 4.78 is 5.43. The van der Waals surface area contributed by atoms with E-state index in [0.717, 1.165) is 33.9 Å². The van der Waals surface area contributed by atoms with Gasteiger partial charge >= 0.3 is 0 Å². The average molecular weight is 276 g/mol. The summed E-state index contributed by atoms with van der Waals surface area (Å²) in [4.78, 5) is 0.